The van der Waals surface area contributed by atoms with Crippen molar-refractivity contribution in [1.29, 1.82) is 0 Å². The molecule has 28 heavy (non-hydrogen) atoms. The Morgan fingerprint density at radius 2 is 0.786 bits per heavy atom. The van der Waals surface area contributed by atoms with Crippen molar-refractivity contribution >= 4 is 0 Å². The number of methoxy groups -OCH3 is 1. The maximum Gasteiger partial charge on any atom is 0.0638 e. The van der Waals surface area contributed by atoms with Crippen LogP contribution in [0.1, 0.15) is 81.6 Å². The molecule has 4 nitrogen and oxygen atoms in total. The zero-order valence-electron chi connectivity index (χ0n) is 20.5. The molecule has 0 aromatic heterocycles. The van der Waals surface area contributed by atoms with E-state index in [1.807, 2.05) is 0 Å². The second kappa shape index (κ2) is 14.8. The summed E-state index contributed by atoms with van der Waals surface area (Å²) in [5.74, 6) is 1.87. The van der Waals surface area contributed by atoms with Crippen molar-refractivity contribution in [2.24, 2.45) is 23.2 Å². The quantitative estimate of drug-likeness (QED) is 0.300. The van der Waals surface area contributed by atoms with Crippen LogP contribution in [0.15, 0.2) is 0 Å². The van der Waals surface area contributed by atoms with E-state index in [1.165, 1.54) is 0 Å². The minimum Gasteiger partial charge on any atom is -0.384 e. The van der Waals surface area contributed by atoms with Gasteiger partial charge in [0.2, 0.25) is 0 Å². The molecule has 0 rings (SSSR count). The number of hydrogen-bond donors (Lipinski definition) is 0. The smallest absolute Gasteiger partial charge is 0.0638 e. The highest BCUT2D eigenvalue weighted by atomic mass is 16.5. The summed E-state index contributed by atoms with van der Waals surface area (Å²) >= 11 is 0. The maximum absolute atomic E-state index is 6.26. The van der Waals surface area contributed by atoms with Gasteiger partial charge in [0.1, 0.15) is 0 Å². The first-order chi connectivity index (χ1) is 13.0. The highest BCUT2D eigenvalue weighted by molar-refractivity contribution is 4.81. The lowest BCUT2D eigenvalue weighted by Gasteiger charge is -2.36. The van der Waals surface area contributed by atoms with Gasteiger partial charge in [0, 0.05) is 7.11 Å². The molecule has 0 aliphatic rings. The monoisotopic (exact) mass is 402 g/mol. The van der Waals surface area contributed by atoms with Gasteiger partial charge in [0.25, 0.3) is 0 Å². The standard InChI is InChI=1S/C24H50O4/c1-18(2)11-21(7)26-15-24(14-25-10,16-27-22(8)12-19(3)4)17-28-23(9)13-20(5)6/h18-23H,11-17H2,1-10H3. The van der Waals surface area contributed by atoms with Crippen molar-refractivity contribution in [3.63, 3.8) is 0 Å². The van der Waals surface area contributed by atoms with E-state index >= 15 is 0 Å². The van der Waals surface area contributed by atoms with E-state index in [1.54, 1.807) is 7.11 Å². The largest absolute Gasteiger partial charge is 0.384 e. The van der Waals surface area contributed by atoms with E-state index in [4.69, 9.17) is 18.9 Å². The van der Waals surface area contributed by atoms with Crippen molar-refractivity contribution < 1.29 is 18.9 Å². The lowest BCUT2D eigenvalue weighted by atomic mass is 9.91. The molecule has 3 unspecified atom stereocenters. The number of hydrogen-bond acceptors (Lipinski definition) is 4. The molecule has 0 aromatic carbocycles. The van der Waals surface area contributed by atoms with Crippen molar-refractivity contribution in [2.45, 2.75) is 99.9 Å². The van der Waals surface area contributed by atoms with E-state index < -0.39 is 0 Å². The van der Waals surface area contributed by atoms with E-state index in [-0.39, 0.29) is 23.7 Å². The molecule has 0 bridgehead atoms. The van der Waals surface area contributed by atoms with Gasteiger partial charge in [-0.1, -0.05) is 41.5 Å². The third-order valence-electron chi connectivity index (χ3n) is 4.88. The highest BCUT2D eigenvalue weighted by Crippen LogP contribution is 2.25. The second-order valence-corrected chi connectivity index (χ2v) is 10.2. The van der Waals surface area contributed by atoms with Crippen LogP contribution < -0.4 is 0 Å². The third kappa shape index (κ3) is 13.9. The Morgan fingerprint density at radius 3 is 1.00 bits per heavy atom. The lowest BCUT2D eigenvalue weighted by molar-refractivity contribution is -0.134. The molecule has 3 atom stereocenters. The van der Waals surface area contributed by atoms with Crippen LogP contribution in [-0.4, -0.2) is 51.8 Å². The van der Waals surface area contributed by atoms with Crippen LogP contribution in [0.5, 0.6) is 0 Å². The predicted octanol–water partition coefficient (Wildman–Crippen LogP) is 5.97. The molecule has 0 saturated heterocycles. The molecule has 0 saturated carbocycles. The summed E-state index contributed by atoms with van der Waals surface area (Å²) in [7, 11) is 1.75. The molecular formula is C24H50O4. The summed E-state index contributed by atoms with van der Waals surface area (Å²) < 4.78 is 24.4. The number of ether oxygens (including phenoxy) is 4. The Labute approximate surface area is 176 Å². The summed E-state index contributed by atoms with van der Waals surface area (Å²) in [6.07, 6.45) is 3.82. The predicted molar refractivity (Wildman–Crippen MR) is 119 cm³/mol. The van der Waals surface area contributed by atoms with Crippen LogP contribution in [0.25, 0.3) is 0 Å². The van der Waals surface area contributed by atoms with Gasteiger partial charge in [-0.15, -0.1) is 0 Å². The Hall–Kier alpha value is -0.160. The summed E-state index contributed by atoms with van der Waals surface area (Å²) in [6, 6.07) is 0. The van der Waals surface area contributed by atoms with Gasteiger partial charge in [-0.05, 0) is 57.8 Å². The summed E-state index contributed by atoms with van der Waals surface area (Å²) in [6.45, 7) is 22.2. The van der Waals surface area contributed by atoms with Gasteiger partial charge in [0.05, 0.1) is 50.2 Å². The van der Waals surface area contributed by atoms with E-state index in [2.05, 4.69) is 62.3 Å². The van der Waals surface area contributed by atoms with Gasteiger partial charge >= 0.3 is 0 Å². The van der Waals surface area contributed by atoms with Gasteiger partial charge in [0.15, 0.2) is 0 Å². The van der Waals surface area contributed by atoms with Crippen LogP contribution in [0.3, 0.4) is 0 Å². The van der Waals surface area contributed by atoms with Crippen LogP contribution in [0, 0.1) is 23.2 Å². The average molecular weight is 403 g/mol. The lowest BCUT2D eigenvalue weighted by Crippen LogP contribution is -2.44. The van der Waals surface area contributed by atoms with Gasteiger partial charge in [-0.25, -0.2) is 0 Å². The zero-order chi connectivity index (χ0) is 21.7. The Balaban J connectivity index is 5.06. The van der Waals surface area contributed by atoms with Crippen molar-refractivity contribution in [3.05, 3.63) is 0 Å². The molecule has 0 aromatic rings. The van der Waals surface area contributed by atoms with Crippen LogP contribution in [0.4, 0.5) is 0 Å². The molecule has 0 spiro atoms. The molecule has 170 valence electrons. The molecule has 0 aliphatic heterocycles. The number of rotatable bonds is 17. The molecule has 0 fully saturated rings. The fourth-order valence-electron chi connectivity index (χ4n) is 3.71. The molecule has 0 radical (unpaired) electrons. The van der Waals surface area contributed by atoms with Crippen molar-refractivity contribution in [1.82, 2.24) is 0 Å². The minimum absolute atomic E-state index is 0.220. The van der Waals surface area contributed by atoms with Crippen molar-refractivity contribution in [2.75, 3.05) is 33.5 Å². The highest BCUT2D eigenvalue weighted by Gasteiger charge is 2.34. The summed E-state index contributed by atoms with van der Waals surface area (Å²) in [4.78, 5) is 0. The van der Waals surface area contributed by atoms with Crippen LogP contribution in [0.2, 0.25) is 0 Å². The second-order valence-electron chi connectivity index (χ2n) is 10.2. The molecule has 0 aliphatic carbocycles. The van der Waals surface area contributed by atoms with Crippen LogP contribution >= 0.6 is 0 Å². The maximum atomic E-state index is 6.26. The van der Waals surface area contributed by atoms with E-state index in [9.17, 15) is 0 Å². The van der Waals surface area contributed by atoms with E-state index in [0.717, 1.165) is 19.3 Å². The molecule has 0 heterocycles. The van der Waals surface area contributed by atoms with Gasteiger partial charge in [-0.2, -0.15) is 0 Å². The SMILES string of the molecule is COCC(COC(C)CC(C)C)(COC(C)CC(C)C)COC(C)CC(C)C. The van der Waals surface area contributed by atoms with E-state index in [0.29, 0.717) is 44.2 Å². The van der Waals surface area contributed by atoms with Gasteiger partial charge in [-0.3, -0.25) is 0 Å². The minimum atomic E-state index is -0.281. The first-order valence-corrected chi connectivity index (χ1v) is 11.3. The van der Waals surface area contributed by atoms with Gasteiger partial charge < -0.3 is 18.9 Å². The first kappa shape index (κ1) is 27.8. The Kier molecular flexibility index (Phi) is 14.7. The summed E-state index contributed by atoms with van der Waals surface area (Å²) in [5.41, 5.74) is -0.281. The van der Waals surface area contributed by atoms with Crippen molar-refractivity contribution in [3.8, 4) is 0 Å². The molecule has 0 N–H and O–H groups in total. The Morgan fingerprint density at radius 1 is 0.500 bits per heavy atom. The topological polar surface area (TPSA) is 36.9 Å². The molecule has 0 amide bonds. The summed E-state index contributed by atoms with van der Waals surface area (Å²) in [5, 5.41) is 0. The molecular weight excluding hydrogens is 352 g/mol. The third-order valence-corrected chi connectivity index (χ3v) is 4.88. The zero-order valence-corrected chi connectivity index (χ0v) is 20.5. The fourth-order valence-corrected chi connectivity index (χ4v) is 3.71. The van der Waals surface area contributed by atoms with Crippen LogP contribution in [-0.2, 0) is 18.9 Å². The Bertz CT molecular complexity index is 317. The molecule has 4 heteroatoms. The fraction of sp³-hybridized carbons (Fsp3) is 1.00. The normalized spacial score (nSPS) is 17.9. The average Bonchev–Trinajstić information content (AvgIpc) is 2.54. The first-order valence-electron chi connectivity index (χ1n) is 11.3.